The molecule has 0 aliphatic carbocycles. The fourth-order valence-electron chi connectivity index (χ4n) is 2.16. The lowest BCUT2D eigenvalue weighted by Gasteiger charge is -2.04. The van der Waals surface area contributed by atoms with Crippen LogP contribution in [0.1, 0.15) is 11.4 Å². The summed E-state index contributed by atoms with van der Waals surface area (Å²) in [7, 11) is 0. The summed E-state index contributed by atoms with van der Waals surface area (Å²) >= 11 is 0. The zero-order chi connectivity index (χ0) is 13.4. The third-order valence-corrected chi connectivity index (χ3v) is 3.22. The van der Waals surface area contributed by atoms with E-state index in [-0.39, 0.29) is 5.75 Å². The zero-order valence-corrected chi connectivity index (χ0v) is 10.5. The second-order valence-corrected chi connectivity index (χ2v) is 4.39. The van der Waals surface area contributed by atoms with Gasteiger partial charge in [0.1, 0.15) is 5.75 Å². The molecule has 0 radical (unpaired) electrons. The summed E-state index contributed by atoms with van der Waals surface area (Å²) in [6, 6.07) is 5.39. The number of hydrogen-bond donors (Lipinski definition) is 3. The topological polar surface area (TPSA) is 87.8 Å². The number of fused-ring (bicyclic) bond motifs is 1. The second-order valence-electron chi connectivity index (χ2n) is 4.39. The molecule has 0 bridgehead atoms. The minimum atomic E-state index is 0.225. The number of aromatic nitrogens is 3. The molecule has 0 aliphatic rings. The number of aromatic amines is 1. The van der Waals surface area contributed by atoms with Gasteiger partial charge in [-0.25, -0.2) is 4.98 Å². The Morgan fingerprint density at radius 1 is 1.37 bits per heavy atom. The Kier molecular flexibility index (Phi) is 2.68. The number of nitrogens with zero attached hydrogens (tertiary/aromatic N) is 2. The van der Waals surface area contributed by atoms with Crippen molar-refractivity contribution in [2.75, 3.05) is 0 Å². The molecule has 1 aromatic carbocycles. The van der Waals surface area contributed by atoms with E-state index in [2.05, 4.69) is 15.0 Å². The number of aromatic hydroxyl groups is 1. The summed E-state index contributed by atoms with van der Waals surface area (Å²) in [6.07, 6.45) is 3.55. The van der Waals surface area contributed by atoms with Crippen molar-refractivity contribution in [3.63, 3.8) is 0 Å². The number of H-pyrrole nitrogens is 1. The molecule has 0 spiro atoms. The fourth-order valence-corrected chi connectivity index (χ4v) is 2.16. The molecule has 0 saturated carbocycles. The maximum Gasteiger partial charge on any atom is 0.139 e. The first kappa shape index (κ1) is 11.7. The number of hydrogen-bond acceptors (Lipinski definition) is 4. The molecular weight excluding hydrogens is 240 g/mol. The van der Waals surface area contributed by atoms with Gasteiger partial charge in [-0.15, -0.1) is 0 Å². The van der Waals surface area contributed by atoms with Crippen LogP contribution in [0.2, 0.25) is 0 Å². The number of aryl methyl sites for hydroxylation is 1. The van der Waals surface area contributed by atoms with Crippen molar-refractivity contribution in [2.24, 2.45) is 5.73 Å². The van der Waals surface area contributed by atoms with E-state index >= 15 is 0 Å². The second kappa shape index (κ2) is 4.37. The molecule has 0 saturated heterocycles. The third kappa shape index (κ3) is 1.84. The van der Waals surface area contributed by atoms with Crippen molar-refractivity contribution >= 4 is 10.9 Å². The number of nitrogens with one attached hydrogen (secondary N) is 1. The first-order chi connectivity index (χ1) is 9.20. The van der Waals surface area contributed by atoms with Crippen molar-refractivity contribution in [3.8, 4) is 17.0 Å². The van der Waals surface area contributed by atoms with Crippen molar-refractivity contribution in [3.05, 3.63) is 42.0 Å². The Labute approximate surface area is 110 Å². The van der Waals surface area contributed by atoms with Gasteiger partial charge in [0.15, 0.2) is 0 Å². The molecule has 0 aliphatic heterocycles. The molecule has 2 aromatic heterocycles. The van der Waals surface area contributed by atoms with Crippen LogP contribution >= 0.6 is 0 Å². The van der Waals surface area contributed by atoms with Gasteiger partial charge in [-0.2, -0.15) is 0 Å². The Hall–Kier alpha value is -2.40. The van der Waals surface area contributed by atoms with Crippen LogP contribution in [0.5, 0.6) is 5.75 Å². The quantitative estimate of drug-likeness (QED) is 0.653. The highest BCUT2D eigenvalue weighted by molar-refractivity contribution is 5.97. The lowest BCUT2D eigenvalue weighted by Crippen LogP contribution is -2.04. The minimum absolute atomic E-state index is 0.225. The molecule has 0 fully saturated rings. The molecule has 19 heavy (non-hydrogen) atoms. The third-order valence-electron chi connectivity index (χ3n) is 3.22. The van der Waals surface area contributed by atoms with E-state index in [0.717, 1.165) is 28.0 Å². The van der Waals surface area contributed by atoms with Crippen molar-refractivity contribution in [1.82, 2.24) is 15.0 Å². The average Bonchev–Trinajstić information content (AvgIpc) is 2.85. The van der Waals surface area contributed by atoms with E-state index in [4.69, 9.17) is 5.73 Å². The van der Waals surface area contributed by atoms with Crippen LogP contribution in [0.4, 0.5) is 0 Å². The lowest BCUT2D eigenvalue weighted by molar-refractivity contribution is 0.480. The zero-order valence-electron chi connectivity index (χ0n) is 10.5. The highest BCUT2D eigenvalue weighted by Gasteiger charge is 2.11. The van der Waals surface area contributed by atoms with Crippen LogP contribution in [-0.2, 0) is 6.54 Å². The van der Waals surface area contributed by atoms with Crippen LogP contribution in [-0.4, -0.2) is 20.1 Å². The molecule has 4 N–H and O–H groups in total. The molecule has 0 atom stereocenters. The van der Waals surface area contributed by atoms with Crippen LogP contribution in [0.15, 0.2) is 30.6 Å². The molecule has 3 aromatic rings. The number of nitrogens with two attached hydrogens (primary N) is 1. The predicted octanol–water partition coefficient (Wildman–Crippen LogP) is 2.10. The van der Waals surface area contributed by atoms with Crippen LogP contribution in [0.25, 0.3) is 22.2 Å². The van der Waals surface area contributed by atoms with E-state index in [1.807, 2.05) is 19.2 Å². The fraction of sp³-hybridized carbons (Fsp3) is 0.143. The maximum atomic E-state index is 9.79. The predicted molar refractivity (Wildman–Crippen MR) is 73.6 cm³/mol. The minimum Gasteiger partial charge on any atom is -0.506 e. The van der Waals surface area contributed by atoms with E-state index < -0.39 is 0 Å². The highest BCUT2D eigenvalue weighted by atomic mass is 16.3. The first-order valence-electron chi connectivity index (χ1n) is 6.02. The lowest BCUT2D eigenvalue weighted by atomic mass is 10.1. The first-order valence-corrected chi connectivity index (χ1v) is 6.02. The van der Waals surface area contributed by atoms with Crippen LogP contribution in [0.3, 0.4) is 0 Å². The van der Waals surface area contributed by atoms with Gasteiger partial charge < -0.3 is 15.8 Å². The molecule has 0 amide bonds. The molecular formula is C14H14N4O. The smallest absolute Gasteiger partial charge is 0.139 e. The Morgan fingerprint density at radius 2 is 2.21 bits per heavy atom. The molecule has 0 unspecified atom stereocenters. The van der Waals surface area contributed by atoms with E-state index in [1.165, 1.54) is 0 Å². The Morgan fingerprint density at radius 3 is 3.00 bits per heavy atom. The SMILES string of the molecule is Cc1ncc(-c2c[nH]c3c(O)cccc23)nc1CN. The van der Waals surface area contributed by atoms with Gasteiger partial charge in [0, 0.05) is 23.7 Å². The van der Waals surface area contributed by atoms with E-state index in [1.54, 1.807) is 18.3 Å². The number of phenols is 1. The van der Waals surface area contributed by atoms with Crippen molar-refractivity contribution in [1.29, 1.82) is 0 Å². The van der Waals surface area contributed by atoms with Gasteiger partial charge >= 0.3 is 0 Å². The van der Waals surface area contributed by atoms with Crippen molar-refractivity contribution < 1.29 is 5.11 Å². The monoisotopic (exact) mass is 254 g/mol. The van der Waals surface area contributed by atoms with Gasteiger partial charge in [0.25, 0.3) is 0 Å². The molecule has 2 heterocycles. The van der Waals surface area contributed by atoms with E-state index in [9.17, 15) is 5.11 Å². The summed E-state index contributed by atoms with van der Waals surface area (Å²) in [5.74, 6) is 0.225. The molecule has 5 heteroatoms. The van der Waals surface area contributed by atoms with E-state index in [0.29, 0.717) is 12.1 Å². The number of para-hydroxylation sites is 1. The summed E-state index contributed by atoms with van der Waals surface area (Å²) in [4.78, 5) is 11.9. The number of rotatable bonds is 2. The van der Waals surface area contributed by atoms with Gasteiger partial charge in [0.05, 0.1) is 28.8 Å². The van der Waals surface area contributed by atoms with Gasteiger partial charge in [-0.3, -0.25) is 4.98 Å². The molecule has 5 nitrogen and oxygen atoms in total. The Bertz CT molecular complexity index is 748. The van der Waals surface area contributed by atoms with Crippen LogP contribution < -0.4 is 5.73 Å². The van der Waals surface area contributed by atoms with Gasteiger partial charge in [0.2, 0.25) is 0 Å². The summed E-state index contributed by atoms with van der Waals surface area (Å²) in [6.45, 7) is 2.25. The largest absolute Gasteiger partial charge is 0.506 e. The highest BCUT2D eigenvalue weighted by Crippen LogP contribution is 2.31. The molecule has 96 valence electrons. The maximum absolute atomic E-state index is 9.79. The average molecular weight is 254 g/mol. The standard InChI is InChI=1S/C14H14N4O/c1-8-11(5-15)18-12(7-16-8)10-6-17-14-9(10)3-2-4-13(14)19/h2-4,6-7,17,19H,5,15H2,1H3. The normalized spacial score (nSPS) is 11.1. The summed E-state index contributed by atoms with van der Waals surface area (Å²) < 4.78 is 0. The number of phenolic OH excluding ortho intramolecular Hbond substituents is 1. The summed E-state index contributed by atoms with van der Waals surface area (Å²) in [5.41, 5.74) is 9.65. The van der Waals surface area contributed by atoms with Gasteiger partial charge in [-0.05, 0) is 13.0 Å². The Balaban J connectivity index is 2.22. The van der Waals surface area contributed by atoms with Gasteiger partial charge in [-0.1, -0.05) is 12.1 Å². The van der Waals surface area contributed by atoms with Crippen molar-refractivity contribution in [2.45, 2.75) is 13.5 Å². The summed E-state index contributed by atoms with van der Waals surface area (Å²) in [5, 5.41) is 10.7. The molecule has 3 rings (SSSR count). The van der Waals surface area contributed by atoms with Crippen LogP contribution in [0, 0.1) is 6.92 Å². The number of benzene rings is 1.